The molecule has 7 nitrogen and oxygen atoms in total. The Balaban J connectivity index is 3.06. The van der Waals surface area contributed by atoms with Gasteiger partial charge < -0.3 is 10.5 Å². The molecule has 0 aromatic carbocycles. The van der Waals surface area contributed by atoms with Gasteiger partial charge in [-0.15, -0.1) is 0 Å². The van der Waals surface area contributed by atoms with E-state index in [9.17, 15) is 4.79 Å². The lowest BCUT2D eigenvalue weighted by Gasteiger charge is -2.04. The first-order valence-electron chi connectivity index (χ1n) is 4.45. The number of nitriles is 2. The van der Waals surface area contributed by atoms with Gasteiger partial charge >= 0.3 is 5.97 Å². The number of rotatable bonds is 3. The van der Waals surface area contributed by atoms with Crippen molar-refractivity contribution in [2.24, 2.45) is 0 Å². The number of hydrogen-bond acceptors (Lipinski definition) is 6. The first-order valence-corrected chi connectivity index (χ1v) is 4.45. The van der Waals surface area contributed by atoms with Crippen molar-refractivity contribution in [3.8, 4) is 12.1 Å². The van der Waals surface area contributed by atoms with Gasteiger partial charge in [0.05, 0.1) is 6.61 Å². The minimum Gasteiger partial charge on any atom is -0.465 e. The molecule has 0 bridgehead atoms. The molecule has 0 aliphatic heterocycles. The Morgan fingerprint density at radius 3 is 2.75 bits per heavy atom. The number of nitrogen functional groups attached to an aromatic ring is 1. The second-order valence-corrected chi connectivity index (χ2v) is 2.78. The van der Waals surface area contributed by atoms with E-state index in [0.29, 0.717) is 0 Å². The predicted molar refractivity (Wildman–Crippen MR) is 52.7 cm³/mol. The van der Waals surface area contributed by atoms with Gasteiger partial charge in [-0.05, 0) is 6.92 Å². The van der Waals surface area contributed by atoms with Crippen LogP contribution in [0.3, 0.4) is 0 Å². The zero-order chi connectivity index (χ0) is 12.1. The topological polar surface area (TPSA) is 118 Å². The molecule has 1 aromatic rings. The molecule has 0 spiro atoms. The quantitative estimate of drug-likeness (QED) is 0.701. The van der Waals surface area contributed by atoms with E-state index in [-0.39, 0.29) is 30.5 Å². The van der Waals surface area contributed by atoms with Crippen LogP contribution in [-0.4, -0.2) is 22.1 Å². The number of carbonyl (C=O) groups is 1. The molecule has 0 amide bonds. The summed E-state index contributed by atoms with van der Waals surface area (Å²) in [4.78, 5) is 14.9. The third kappa shape index (κ3) is 2.10. The van der Waals surface area contributed by atoms with Crippen LogP contribution >= 0.6 is 0 Å². The molecule has 7 heteroatoms. The maximum atomic E-state index is 11.2. The van der Waals surface area contributed by atoms with E-state index in [0.717, 1.165) is 4.57 Å². The van der Waals surface area contributed by atoms with Gasteiger partial charge in [0.1, 0.15) is 18.7 Å². The van der Waals surface area contributed by atoms with Gasteiger partial charge in [-0.1, -0.05) is 0 Å². The Hall–Kier alpha value is -2.54. The highest BCUT2D eigenvalue weighted by Crippen LogP contribution is 2.12. The maximum Gasteiger partial charge on any atom is 0.326 e. The summed E-state index contributed by atoms with van der Waals surface area (Å²) in [6.45, 7) is 1.68. The average Bonchev–Trinajstić information content (AvgIpc) is 2.55. The summed E-state index contributed by atoms with van der Waals surface area (Å²) in [6, 6.07) is 3.50. The van der Waals surface area contributed by atoms with Crippen LogP contribution in [0.15, 0.2) is 0 Å². The van der Waals surface area contributed by atoms with Gasteiger partial charge in [-0.25, -0.2) is 4.98 Å². The summed E-state index contributed by atoms with van der Waals surface area (Å²) in [5.41, 5.74) is 5.35. The minimum absolute atomic E-state index is 0.0342. The number of hydrogen-bond donors (Lipinski definition) is 1. The molecule has 82 valence electrons. The summed E-state index contributed by atoms with van der Waals surface area (Å²) < 4.78 is 5.86. The normalized spacial score (nSPS) is 9.19. The Kier molecular flexibility index (Phi) is 3.46. The van der Waals surface area contributed by atoms with Crippen LogP contribution in [0.4, 0.5) is 5.95 Å². The lowest BCUT2D eigenvalue weighted by atomic mass is 10.3. The largest absolute Gasteiger partial charge is 0.465 e. The van der Waals surface area contributed by atoms with Gasteiger partial charge in [0.2, 0.25) is 5.95 Å². The molecule has 1 rings (SSSR count). The number of aromatic nitrogens is 2. The molecule has 0 aliphatic carbocycles. The Morgan fingerprint density at radius 1 is 1.56 bits per heavy atom. The fourth-order valence-corrected chi connectivity index (χ4v) is 1.16. The molecular weight excluding hydrogens is 210 g/mol. The molecule has 0 radical (unpaired) electrons. The van der Waals surface area contributed by atoms with Crippen LogP contribution in [-0.2, 0) is 16.1 Å². The number of imidazole rings is 1. The van der Waals surface area contributed by atoms with E-state index in [1.54, 1.807) is 19.1 Å². The van der Waals surface area contributed by atoms with Crippen molar-refractivity contribution in [3.05, 3.63) is 11.4 Å². The monoisotopic (exact) mass is 219 g/mol. The zero-order valence-electron chi connectivity index (χ0n) is 8.60. The number of anilines is 1. The second kappa shape index (κ2) is 4.80. The summed E-state index contributed by atoms with van der Waals surface area (Å²) in [7, 11) is 0. The third-order valence-corrected chi connectivity index (χ3v) is 1.80. The van der Waals surface area contributed by atoms with E-state index in [4.69, 9.17) is 21.0 Å². The molecule has 1 heterocycles. The van der Waals surface area contributed by atoms with Crippen molar-refractivity contribution in [2.75, 3.05) is 12.3 Å². The van der Waals surface area contributed by atoms with Crippen LogP contribution in [0, 0.1) is 22.7 Å². The van der Waals surface area contributed by atoms with Crippen LogP contribution in [0.2, 0.25) is 0 Å². The molecule has 1 aromatic heterocycles. The SMILES string of the molecule is CCOC(=O)Cn1c(N)nc(C#N)c1C#N. The standard InChI is InChI=1S/C9H9N5O2/c1-2-16-8(15)5-14-7(4-11)6(3-10)13-9(14)12/h2,5H2,1H3,(H2,12,13). The molecule has 2 N–H and O–H groups in total. The molecule has 0 aliphatic rings. The summed E-state index contributed by atoms with van der Waals surface area (Å²) in [5.74, 6) is -0.589. The van der Waals surface area contributed by atoms with Crippen LogP contribution in [0.5, 0.6) is 0 Å². The Labute approximate surface area is 91.7 Å². The summed E-state index contributed by atoms with van der Waals surface area (Å²) in [6.07, 6.45) is 0. The van der Waals surface area contributed by atoms with Crippen molar-refractivity contribution in [3.63, 3.8) is 0 Å². The van der Waals surface area contributed by atoms with Crippen molar-refractivity contribution < 1.29 is 9.53 Å². The van der Waals surface area contributed by atoms with E-state index >= 15 is 0 Å². The van der Waals surface area contributed by atoms with E-state index in [1.807, 2.05) is 0 Å². The summed E-state index contributed by atoms with van der Waals surface area (Å²) >= 11 is 0. The maximum absolute atomic E-state index is 11.2. The first-order chi connectivity index (χ1) is 7.63. The highest BCUT2D eigenvalue weighted by Gasteiger charge is 2.17. The van der Waals surface area contributed by atoms with Crippen LogP contribution in [0.25, 0.3) is 0 Å². The molecule has 0 saturated heterocycles. The van der Waals surface area contributed by atoms with E-state index < -0.39 is 5.97 Å². The smallest absolute Gasteiger partial charge is 0.326 e. The van der Waals surface area contributed by atoms with Crippen molar-refractivity contribution in [1.29, 1.82) is 10.5 Å². The molecule has 16 heavy (non-hydrogen) atoms. The van der Waals surface area contributed by atoms with E-state index in [2.05, 4.69) is 4.98 Å². The van der Waals surface area contributed by atoms with Gasteiger partial charge in [0, 0.05) is 0 Å². The lowest BCUT2D eigenvalue weighted by Crippen LogP contribution is -2.16. The minimum atomic E-state index is -0.535. The highest BCUT2D eigenvalue weighted by molar-refractivity contribution is 5.70. The Morgan fingerprint density at radius 2 is 2.25 bits per heavy atom. The number of carbonyl (C=O) groups excluding carboxylic acids is 1. The fraction of sp³-hybridized carbons (Fsp3) is 0.333. The second-order valence-electron chi connectivity index (χ2n) is 2.78. The van der Waals surface area contributed by atoms with Gasteiger partial charge in [0.25, 0.3) is 0 Å². The third-order valence-electron chi connectivity index (χ3n) is 1.80. The van der Waals surface area contributed by atoms with Crippen molar-refractivity contribution >= 4 is 11.9 Å². The predicted octanol–water partition coefficient (Wildman–Crippen LogP) is -0.228. The molecular formula is C9H9N5O2. The summed E-state index contributed by atoms with van der Waals surface area (Å²) in [5, 5.41) is 17.5. The van der Waals surface area contributed by atoms with E-state index in [1.165, 1.54) is 0 Å². The zero-order valence-corrected chi connectivity index (χ0v) is 8.60. The molecule has 0 fully saturated rings. The van der Waals surface area contributed by atoms with Crippen molar-refractivity contribution in [2.45, 2.75) is 13.5 Å². The Bertz CT molecular complexity index is 491. The number of esters is 1. The number of nitrogens with two attached hydrogens (primary N) is 1. The molecule has 0 atom stereocenters. The first kappa shape index (κ1) is 11.5. The number of nitrogens with zero attached hydrogens (tertiary/aromatic N) is 4. The van der Waals surface area contributed by atoms with Crippen molar-refractivity contribution in [1.82, 2.24) is 9.55 Å². The van der Waals surface area contributed by atoms with Gasteiger partial charge in [-0.2, -0.15) is 10.5 Å². The lowest BCUT2D eigenvalue weighted by molar-refractivity contribution is -0.143. The van der Waals surface area contributed by atoms with Crippen LogP contribution < -0.4 is 5.73 Å². The number of ether oxygens (including phenoxy) is 1. The average molecular weight is 219 g/mol. The molecule has 0 saturated carbocycles. The molecule has 0 unspecified atom stereocenters. The van der Waals surface area contributed by atoms with Gasteiger partial charge in [-0.3, -0.25) is 9.36 Å². The van der Waals surface area contributed by atoms with Crippen LogP contribution in [0.1, 0.15) is 18.3 Å². The fourth-order valence-electron chi connectivity index (χ4n) is 1.16. The van der Waals surface area contributed by atoms with Gasteiger partial charge in [0.15, 0.2) is 11.4 Å². The highest BCUT2D eigenvalue weighted by atomic mass is 16.5.